The molecule has 1 atom stereocenters. The molecule has 1 aromatic heterocycles. The molecule has 1 fully saturated rings. The van der Waals surface area contributed by atoms with Gasteiger partial charge in [-0.15, -0.1) is 0 Å². The van der Waals surface area contributed by atoms with E-state index in [4.69, 9.17) is 9.26 Å². The zero-order valence-corrected chi connectivity index (χ0v) is 17.7. The number of aryl methyl sites for hydroxylation is 2. The predicted molar refractivity (Wildman–Crippen MR) is 119 cm³/mol. The standard InChI is InChI=1S/C25H22N2O5/c1-4-12-31-19-7-5-6-18(14-19)22-21(23(28)17-10-8-15(2)9-11-17)24(29)25(30)27(22)20-13-16(3)32-26-20/h4-11,13-14,22,28H,1,12H2,2-3H3/b23-21+/t22-/m0/s1. The van der Waals surface area contributed by atoms with E-state index in [1.165, 1.54) is 4.90 Å². The Morgan fingerprint density at radius 2 is 1.94 bits per heavy atom. The summed E-state index contributed by atoms with van der Waals surface area (Å²) in [5.74, 6) is -0.633. The van der Waals surface area contributed by atoms with E-state index in [2.05, 4.69) is 11.7 Å². The van der Waals surface area contributed by atoms with Crippen LogP contribution in [0, 0.1) is 13.8 Å². The van der Waals surface area contributed by atoms with E-state index in [1.54, 1.807) is 55.5 Å². The van der Waals surface area contributed by atoms with Crippen molar-refractivity contribution < 1.29 is 24.0 Å². The van der Waals surface area contributed by atoms with Crippen molar-refractivity contribution in [3.63, 3.8) is 0 Å². The quantitative estimate of drug-likeness (QED) is 0.268. The number of aliphatic hydroxyl groups is 1. The molecule has 3 aromatic rings. The summed E-state index contributed by atoms with van der Waals surface area (Å²) in [4.78, 5) is 27.4. The highest BCUT2D eigenvalue weighted by Crippen LogP contribution is 2.42. The number of anilines is 1. The summed E-state index contributed by atoms with van der Waals surface area (Å²) in [6.45, 7) is 7.56. The molecule has 2 heterocycles. The Hall–Kier alpha value is -4.13. The number of ketones is 1. The summed E-state index contributed by atoms with van der Waals surface area (Å²) in [5, 5.41) is 15.0. The summed E-state index contributed by atoms with van der Waals surface area (Å²) in [6, 6.07) is 14.7. The Kier molecular flexibility index (Phi) is 5.64. The molecule has 0 bridgehead atoms. The van der Waals surface area contributed by atoms with Gasteiger partial charge in [0, 0.05) is 11.6 Å². The molecule has 1 N–H and O–H groups in total. The van der Waals surface area contributed by atoms with E-state index >= 15 is 0 Å². The first kappa shape index (κ1) is 21.1. The third kappa shape index (κ3) is 3.80. The second-order valence-electron chi connectivity index (χ2n) is 7.50. The molecule has 1 saturated heterocycles. The van der Waals surface area contributed by atoms with Crippen molar-refractivity contribution in [3.8, 4) is 5.75 Å². The van der Waals surface area contributed by atoms with Crippen LogP contribution in [-0.2, 0) is 9.59 Å². The second kappa shape index (κ2) is 8.55. The van der Waals surface area contributed by atoms with Crippen LogP contribution < -0.4 is 9.64 Å². The maximum Gasteiger partial charge on any atom is 0.301 e. The largest absolute Gasteiger partial charge is 0.507 e. The predicted octanol–water partition coefficient (Wildman–Crippen LogP) is 4.48. The normalized spacial score (nSPS) is 17.6. The third-order valence-electron chi connectivity index (χ3n) is 5.17. The van der Waals surface area contributed by atoms with Gasteiger partial charge in [0.05, 0.1) is 11.6 Å². The lowest BCUT2D eigenvalue weighted by atomic mass is 9.95. The number of nitrogens with zero attached hydrogens (tertiary/aromatic N) is 2. The molecule has 1 aliphatic heterocycles. The summed E-state index contributed by atoms with van der Waals surface area (Å²) < 4.78 is 10.8. The van der Waals surface area contributed by atoms with Gasteiger partial charge in [-0.2, -0.15) is 0 Å². The van der Waals surface area contributed by atoms with Crippen LogP contribution in [0.25, 0.3) is 5.76 Å². The first-order chi connectivity index (χ1) is 15.4. The Labute approximate surface area is 185 Å². The van der Waals surface area contributed by atoms with Gasteiger partial charge in [-0.3, -0.25) is 14.5 Å². The van der Waals surface area contributed by atoms with Crippen LogP contribution in [0.15, 0.2) is 77.3 Å². The van der Waals surface area contributed by atoms with E-state index < -0.39 is 17.7 Å². The molecular weight excluding hydrogens is 408 g/mol. The number of aromatic nitrogens is 1. The maximum absolute atomic E-state index is 13.1. The molecule has 32 heavy (non-hydrogen) atoms. The molecule has 162 valence electrons. The van der Waals surface area contributed by atoms with Crippen LogP contribution in [0.1, 0.15) is 28.5 Å². The number of ether oxygens (including phenoxy) is 1. The van der Waals surface area contributed by atoms with Gasteiger partial charge in [0.1, 0.15) is 23.9 Å². The molecule has 1 amide bonds. The molecule has 7 nitrogen and oxygen atoms in total. The average molecular weight is 430 g/mol. The molecule has 0 aliphatic carbocycles. The van der Waals surface area contributed by atoms with Crippen molar-refractivity contribution in [1.29, 1.82) is 0 Å². The number of hydrogen-bond donors (Lipinski definition) is 1. The monoisotopic (exact) mass is 430 g/mol. The highest BCUT2D eigenvalue weighted by atomic mass is 16.5. The number of carbonyl (C=O) groups is 2. The molecule has 0 radical (unpaired) electrons. The molecule has 0 saturated carbocycles. The van der Waals surface area contributed by atoms with Crippen LogP contribution in [0.3, 0.4) is 0 Å². The minimum Gasteiger partial charge on any atom is -0.507 e. The van der Waals surface area contributed by atoms with Crippen molar-refractivity contribution in [1.82, 2.24) is 5.16 Å². The number of carbonyl (C=O) groups excluding carboxylic acids is 2. The minimum absolute atomic E-state index is 0.0274. The van der Waals surface area contributed by atoms with Gasteiger partial charge < -0.3 is 14.4 Å². The molecule has 7 heteroatoms. The number of rotatable bonds is 6. The van der Waals surface area contributed by atoms with Crippen molar-refractivity contribution in [2.45, 2.75) is 19.9 Å². The number of benzene rings is 2. The SMILES string of the molecule is C=CCOc1cccc([C@H]2/C(=C(\O)c3ccc(C)cc3)C(=O)C(=O)N2c2cc(C)on2)c1. The topological polar surface area (TPSA) is 92.9 Å². The Bertz CT molecular complexity index is 1220. The molecule has 4 rings (SSSR count). The van der Waals surface area contributed by atoms with Gasteiger partial charge in [0.25, 0.3) is 5.78 Å². The van der Waals surface area contributed by atoms with Gasteiger partial charge in [-0.1, -0.05) is 59.8 Å². The highest BCUT2D eigenvalue weighted by molar-refractivity contribution is 6.51. The van der Waals surface area contributed by atoms with E-state index in [0.717, 1.165) is 5.56 Å². The number of aliphatic hydroxyl groups excluding tert-OH is 1. The Morgan fingerprint density at radius 3 is 2.59 bits per heavy atom. The molecular formula is C25H22N2O5. The Morgan fingerprint density at radius 1 is 1.19 bits per heavy atom. The maximum atomic E-state index is 13.1. The first-order valence-electron chi connectivity index (χ1n) is 10.1. The van der Waals surface area contributed by atoms with Crippen molar-refractivity contribution in [3.05, 3.63) is 95.3 Å². The van der Waals surface area contributed by atoms with Crippen LogP contribution in [-0.4, -0.2) is 28.6 Å². The van der Waals surface area contributed by atoms with Crippen LogP contribution in [0.2, 0.25) is 0 Å². The Balaban J connectivity index is 1.90. The van der Waals surface area contributed by atoms with Crippen LogP contribution >= 0.6 is 0 Å². The zero-order chi connectivity index (χ0) is 22.8. The molecule has 1 aliphatic rings. The van der Waals surface area contributed by atoms with Crippen molar-refractivity contribution in [2.24, 2.45) is 0 Å². The van der Waals surface area contributed by atoms with E-state index in [1.807, 2.05) is 19.1 Å². The fraction of sp³-hybridized carbons (Fsp3) is 0.160. The molecule has 0 spiro atoms. The second-order valence-corrected chi connectivity index (χ2v) is 7.50. The lowest BCUT2D eigenvalue weighted by molar-refractivity contribution is -0.132. The number of amides is 1. The highest BCUT2D eigenvalue weighted by Gasteiger charge is 2.48. The van der Waals surface area contributed by atoms with E-state index in [9.17, 15) is 14.7 Å². The van der Waals surface area contributed by atoms with Gasteiger partial charge in [0.15, 0.2) is 5.82 Å². The van der Waals surface area contributed by atoms with Crippen molar-refractivity contribution >= 4 is 23.3 Å². The smallest absolute Gasteiger partial charge is 0.301 e. The summed E-state index contributed by atoms with van der Waals surface area (Å²) in [7, 11) is 0. The van der Waals surface area contributed by atoms with E-state index in [-0.39, 0.29) is 17.2 Å². The summed E-state index contributed by atoms with van der Waals surface area (Å²) in [6.07, 6.45) is 1.62. The molecule has 2 aromatic carbocycles. The molecule has 0 unspecified atom stereocenters. The van der Waals surface area contributed by atoms with E-state index in [0.29, 0.717) is 29.2 Å². The first-order valence-corrected chi connectivity index (χ1v) is 10.1. The summed E-state index contributed by atoms with van der Waals surface area (Å²) in [5.41, 5.74) is 2.00. The third-order valence-corrected chi connectivity index (χ3v) is 5.17. The number of hydrogen-bond acceptors (Lipinski definition) is 6. The van der Waals surface area contributed by atoms with Crippen LogP contribution in [0.4, 0.5) is 5.82 Å². The lowest BCUT2D eigenvalue weighted by Crippen LogP contribution is -2.29. The minimum atomic E-state index is -0.909. The van der Waals surface area contributed by atoms with Crippen molar-refractivity contribution in [2.75, 3.05) is 11.5 Å². The van der Waals surface area contributed by atoms with Crippen LogP contribution in [0.5, 0.6) is 5.75 Å². The zero-order valence-electron chi connectivity index (χ0n) is 17.7. The fourth-order valence-corrected chi connectivity index (χ4v) is 3.65. The van der Waals surface area contributed by atoms with Gasteiger partial charge in [-0.05, 0) is 31.5 Å². The van der Waals surface area contributed by atoms with Gasteiger partial charge in [-0.25, -0.2) is 0 Å². The average Bonchev–Trinajstić information content (AvgIpc) is 3.33. The van der Waals surface area contributed by atoms with Gasteiger partial charge in [0.2, 0.25) is 0 Å². The van der Waals surface area contributed by atoms with Gasteiger partial charge >= 0.3 is 5.91 Å². The lowest BCUT2D eigenvalue weighted by Gasteiger charge is -2.23. The fourth-order valence-electron chi connectivity index (χ4n) is 3.65. The summed E-state index contributed by atoms with van der Waals surface area (Å²) >= 11 is 0. The number of Topliss-reactive ketones (excluding diaryl/α,β-unsaturated/α-hetero) is 1.